The minimum atomic E-state index is 0.638. The molecule has 24 heavy (non-hydrogen) atoms. The number of nitrogens with zero attached hydrogens (tertiary/aromatic N) is 5. The van der Waals surface area contributed by atoms with Crippen molar-refractivity contribution < 1.29 is 4.74 Å². The number of para-hydroxylation sites is 1. The van der Waals surface area contributed by atoms with E-state index in [-0.39, 0.29) is 0 Å². The molecule has 0 unspecified atom stereocenters. The summed E-state index contributed by atoms with van der Waals surface area (Å²) >= 11 is 1.47. The van der Waals surface area contributed by atoms with Crippen LogP contribution in [0.5, 0.6) is 5.75 Å². The van der Waals surface area contributed by atoms with Crippen LogP contribution in [-0.4, -0.2) is 31.9 Å². The number of benzene rings is 1. The van der Waals surface area contributed by atoms with Crippen molar-refractivity contribution in [3.63, 3.8) is 0 Å². The predicted octanol–water partition coefficient (Wildman–Crippen LogP) is 3.43. The van der Waals surface area contributed by atoms with Gasteiger partial charge in [0.05, 0.1) is 7.11 Å². The van der Waals surface area contributed by atoms with Gasteiger partial charge in [-0.1, -0.05) is 35.6 Å². The summed E-state index contributed by atoms with van der Waals surface area (Å²) in [5.74, 6) is 1.46. The molecule has 1 aromatic carbocycles. The van der Waals surface area contributed by atoms with E-state index in [0.29, 0.717) is 5.82 Å². The van der Waals surface area contributed by atoms with Gasteiger partial charge in [-0.2, -0.15) is 9.61 Å². The van der Waals surface area contributed by atoms with Gasteiger partial charge in [0, 0.05) is 11.8 Å². The van der Waals surface area contributed by atoms with E-state index < -0.39 is 0 Å². The molecule has 0 aliphatic carbocycles. The van der Waals surface area contributed by atoms with Crippen molar-refractivity contribution in [2.45, 2.75) is 0 Å². The second-order valence-corrected chi connectivity index (χ2v) is 5.94. The molecule has 0 aliphatic rings. The van der Waals surface area contributed by atoms with E-state index in [4.69, 9.17) is 4.74 Å². The highest BCUT2D eigenvalue weighted by atomic mass is 32.1. The number of pyridine rings is 1. The van der Waals surface area contributed by atoms with Crippen LogP contribution in [0.25, 0.3) is 28.6 Å². The predicted molar refractivity (Wildman–Crippen MR) is 93.8 cm³/mol. The number of methoxy groups -OCH3 is 1. The van der Waals surface area contributed by atoms with Crippen LogP contribution >= 0.6 is 11.3 Å². The van der Waals surface area contributed by atoms with Crippen molar-refractivity contribution in [3.8, 4) is 17.3 Å². The van der Waals surface area contributed by atoms with Gasteiger partial charge in [-0.3, -0.25) is 4.98 Å². The van der Waals surface area contributed by atoms with Crippen LogP contribution in [-0.2, 0) is 0 Å². The van der Waals surface area contributed by atoms with Crippen LogP contribution in [0.2, 0.25) is 0 Å². The molecule has 0 atom stereocenters. The van der Waals surface area contributed by atoms with Gasteiger partial charge < -0.3 is 4.74 Å². The Bertz CT molecular complexity index is 1010. The molecule has 0 aliphatic heterocycles. The average Bonchev–Trinajstić information content (AvgIpc) is 3.21. The van der Waals surface area contributed by atoms with Crippen LogP contribution in [0.15, 0.2) is 48.7 Å². The Morgan fingerprint density at radius 3 is 2.75 bits per heavy atom. The summed E-state index contributed by atoms with van der Waals surface area (Å²) < 4.78 is 7.07. The Hall–Kier alpha value is -3.06. The molecule has 6 nitrogen and oxygen atoms in total. The smallest absolute Gasteiger partial charge is 0.235 e. The third-order valence-electron chi connectivity index (χ3n) is 3.44. The van der Waals surface area contributed by atoms with Crippen molar-refractivity contribution in [2.75, 3.05) is 7.11 Å². The van der Waals surface area contributed by atoms with E-state index >= 15 is 0 Å². The third-order valence-corrected chi connectivity index (χ3v) is 4.31. The molecule has 0 amide bonds. The van der Waals surface area contributed by atoms with Crippen LogP contribution in [0.1, 0.15) is 10.6 Å². The maximum atomic E-state index is 5.35. The van der Waals surface area contributed by atoms with Gasteiger partial charge in [0.15, 0.2) is 0 Å². The van der Waals surface area contributed by atoms with Crippen molar-refractivity contribution in [1.29, 1.82) is 0 Å². The molecule has 7 heteroatoms. The summed E-state index contributed by atoms with van der Waals surface area (Å²) in [6.07, 6.45) is 5.65. The quantitative estimate of drug-likeness (QED) is 0.572. The average molecular weight is 335 g/mol. The fourth-order valence-corrected chi connectivity index (χ4v) is 3.06. The maximum absolute atomic E-state index is 5.35. The summed E-state index contributed by atoms with van der Waals surface area (Å²) in [6.45, 7) is 0. The van der Waals surface area contributed by atoms with Crippen molar-refractivity contribution >= 4 is 28.4 Å². The molecule has 0 saturated heterocycles. The van der Waals surface area contributed by atoms with Crippen molar-refractivity contribution in [3.05, 3.63) is 59.2 Å². The van der Waals surface area contributed by atoms with E-state index in [0.717, 1.165) is 27.0 Å². The molecule has 0 spiro atoms. The summed E-state index contributed by atoms with van der Waals surface area (Å²) in [5, 5.41) is 13.7. The molecule has 0 saturated carbocycles. The molecule has 4 aromatic rings. The molecule has 4 rings (SSSR count). The number of fused-ring (bicyclic) bond motifs is 1. The first-order valence-electron chi connectivity index (χ1n) is 7.30. The number of hydrogen-bond acceptors (Lipinski definition) is 6. The van der Waals surface area contributed by atoms with E-state index in [1.165, 1.54) is 11.3 Å². The van der Waals surface area contributed by atoms with E-state index in [2.05, 4.69) is 20.3 Å². The number of rotatable bonds is 4. The molecular weight excluding hydrogens is 322 g/mol. The van der Waals surface area contributed by atoms with Crippen molar-refractivity contribution in [1.82, 2.24) is 24.8 Å². The lowest BCUT2D eigenvalue weighted by Crippen LogP contribution is -1.92. The molecule has 0 radical (unpaired) electrons. The molecule has 3 heterocycles. The third kappa shape index (κ3) is 2.65. The second-order valence-electron chi connectivity index (χ2n) is 4.95. The molecule has 3 aromatic heterocycles. The van der Waals surface area contributed by atoms with E-state index in [9.17, 15) is 0 Å². The first-order chi connectivity index (χ1) is 11.8. The zero-order chi connectivity index (χ0) is 16.4. The standard InChI is InChI=1S/C17H13N5OS/c1-23-14-8-3-2-6-12(14)9-10-15-21-22-16(19-20-17(22)24-15)13-7-4-5-11-18-13/h2-11H,1H3/b10-9+. The Kier molecular flexibility index (Phi) is 3.76. The first-order valence-corrected chi connectivity index (χ1v) is 8.11. The lowest BCUT2D eigenvalue weighted by atomic mass is 10.2. The summed E-state index contributed by atoms with van der Waals surface area (Å²) in [7, 11) is 1.66. The molecule has 0 fully saturated rings. The Labute approximate surface area is 142 Å². The van der Waals surface area contributed by atoms with Gasteiger partial charge >= 0.3 is 0 Å². The van der Waals surface area contributed by atoms with Gasteiger partial charge in [0.1, 0.15) is 16.5 Å². The number of hydrogen-bond donors (Lipinski definition) is 0. The van der Waals surface area contributed by atoms with E-state index in [1.54, 1.807) is 17.8 Å². The summed E-state index contributed by atoms with van der Waals surface area (Å²) in [4.78, 5) is 5.04. The fraction of sp³-hybridized carbons (Fsp3) is 0.0588. The van der Waals surface area contributed by atoms with Gasteiger partial charge in [-0.05, 0) is 30.4 Å². The molecular formula is C17H13N5OS. The van der Waals surface area contributed by atoms with Gasteiger partial charge in [0.2, 0.25) is 10.8 Å². The lowest BCUT2D eigenvalue weighted by Gasteiger charge is -2.02. The van der Waals surface area contributed by atoms with Crippen molar-refractivity contribution in [2.24, 2.45) is 0 Å². The zero-order valence-electron chi connectivity index (χ0n) is 12.8. The van der Waals surface area contributed by atoms with Gasteiger partial charge in [0.25, 0.3) is 0 Å². The highest BCUT2D eigenvalue weighted by molar-refractivity contribution is 7.17. The number of aromatic nitrogens is 5. The van der Waals surface area contributed by atoms with Crippen LogP contribution in [0, 0.1) is 0 Å². The largest absolute Gasteiger partial charge is 0.496 e. The van der Waals surface area contributed by atoms with Crippen LogP contribution < -0.4 is 4.74 Å². The normalized spacial score (nSPS) is 11.4. The maximum Gasteiger partial charge on any atom is 0.235 e. The van der Waals surface area contributed by atoms with Crippen LogP contribution in [0.4, 0.5) is 0 Å². The Morgan fingerprint density at radius 2 is 1.92 bits per heavy atom. The zero-order valence-corrected chi connectivity index (χ0v) is 13.6. The second kappa shape index (κ2) is 6.21. The topological polar surface area (TPSA) is 65.2 Å². The highest BCUT2D eigenvalue weighted by Crippen LogP contribution is 2.23. The van der Waals surface area contributed by atoms with Gasteiger partial charge in [-0.25, -0.2) is 0 Å². The minimum absolute atomic E-state index is 0.638. The lowest BCUT2D eigenvalue weighted by molar-refractivity contribution is 0.414. The number of ether oxygens (including phenoxy) is 1. The van der Waals surface area contributed by atoms with E-state index in [1.807, 2.05) is 54.6 Å². The molecule has 0 N–H and O–H groups in total. The minimum Gasteiger partial charge on any atom is -0.496 e. The molecule has 118 valence electrons. The monoisotopic (exact) mass is 335 g/mol. The molecule has 0 bridgehead atoms. The summed E-state index contributed by atoms with van der Waals surface area (Å²) in [5.41, 5.74) is 1.74. The summed E-state index contributed by atoms with van der Waals surface area (Å²) in [6, 6.07) is 13.5. The van der Waals surface area contributed by atoms with Crippen LogP contribution in [0.3, 0.4) is 0 Å². The Balaban J connectivity index is 1.69. The fourth-order valence-electron chi connectivity index (χ4n) is 2.32. The first kappa shape index (κ1) is 14.5. The van der Waals surface area contributed by atoms with Gasteiger partial charge in [-0.15, -0.1) is 10.2 Å². The SMILES string of the molecule is COc1ccccc1/C=C/c1nn2c(-c3ccccn3)nnc2s1. The highest BCUT2D eigenvalue weighted by Gasteiger charge is 2.12. The Morgan fingerprint density at radius 1 is 1.04 bits per heavy atom.